The fourth-order valence-electron chi connectivity index (χ4n) is 1.99. The number of nitrogens with zero attached hydrogens (tertiary/aromatic N) is 1. The minimum atomic E-state index is -0.427. The molecular weight excluding hydrogens is 406 g/mol. The first-order valence-electron chi connectivity index (χ1n) is 7.67. The van der Waals surface area contributed by atoms with Crippen molar-refractivity contribution in [1.82, 2.24) is 5.43 Å². The van der Waals surface area contributed by atoms with Crippen LogP contribution in [0.3, 0.4) is 0 Å². The van der Waals surface area contributed by atoms with E-state index in [0.29, 0.717) is 16.5 Å². The molecule has 2 aromatic rings. The van der Waals surface area contributed by atoms with Crippen LogP contribution < -0.4 is 15.5 Å². The summed E-state index contributed by atoms with van der Waals surface area (Å²) in [6.07, 6.45) is 1.56. The van der Waals surface area contributed by atoms with Gasteiger partial charge in [0.2, 0.25) is 0 Å². The molecule has 0 fully saturated rings. The van der Waals surface area contributed by atoms with Crippen molar-refractivity contribution in [3.63, 3.8) is 0 Å². The Hall–Kier alpha value is -2.05. The van der Waals surface area contributed by atoms with Gasteiger partial charge in [-0.2, -0.15) is 5.10 Å². The molecule has 0 aliphatic rings. The van der Waals surface area contributed by atoms with Crippen LogP contribution in [0.1, 0.15) is 25.0 Å². The van der Waals surface area contributed by atoms with Crippen LogP contribution in [0.15, 0.2) is 46.0 Å². The summed E-state index contributed by atoms with van der Waals surface area (Å²) in [6.45, 7) is 5.81. The number of urea groups is 1. The fraction of sp³-hybridized carbons (Fsp3) is 0.222. The van der Waals surface area contributed by atoms with Crippen molar-refractivity contribution in [2.75, 3.05) is 5.32 Å². The maximum atomic E-state index is 11.8. The number of anilines is 1. The third-order valence-corrected chi connectivity index (χ3v) is 4.30. The summed E-state index contributed by atoms with van der Waals surface area (Å²) in [4.78, 5) is 11.8. The number of carbonyl (C=O) groups excluding carboxylic acids is 1. The number of ether oxygens (including phenoxy) is 1. The lowest BCUT2D eigenvalue weighted by atomic mass is 10.2. The lowest BCUT2D eigenvalue weighted by Crippen LogP contribution is -2.24. The van der Waals surface area contributed by atoms with Crippen molar-refractivity contribution in [2.45, 2.75) is 26.9 Å². The standard InChI is InChI=1S/C18H19BrClN3O2/c1-11(2)25-17-7-4-13(9-16(17)20)10-21-23-18(24)22-14-5-6-15(19)12(3)8-14/h4-11H,1-3H3,(H2,22,23,24)/b21-10+. The van der Waals surface area contributed by atoms with Gasteiger partial charge in [0.05, 0.1) is 17.3 Å². The first-order chi connectivity index (χ1) is 11.8. The Kier molecular flexibility index (Phi) is 6.84. The number of amides is 2. The predicted octanol–water partition coefficient (Wildman–Crippen LogP) is 5.35. The Morgan fingerprint density at radius 3 is 2.68 bits per heavy atom. The van der Waals surface area contributed by atoms with Gasteiger partial charge in [-0.05, 0) is 68.3 Å². The number of rotatable bonds is 5. The second-order valence-corrected chi connectivity index (χ2v) is 6.91. The summed E-state index contributed by atoms with van der Waals surface area (Å²) in [6, 6.07) is 10.4. The van der Waals surface area contributed by atoms with E-state index in [1.54, 1.807) is 18.2 Å². The van der Waals surface area contributed by atoms with E-state index in [4.69, 9.17) is 16.3 Å². The van der Waals surface area contributed by atoms with Crippen LogP contribution in [0.25, 0.3) is 0 Å². The van der Waals surface area contributed by atoms with E-state index in [-0.39, 0.29) is 6.10 Å². The normalized spacial score (nSPS) is 11.0. The molecule has 7 heteroatoms. The SMILES string of the molecule is Cc1cc(NC(=O)N/N=C/c2ccc(OC(C)C)c(Cl)c2)ccc1Br. The number of hydrogen-bond acceptors (Lipinski definition) is 3. The van der Waals surface area contributed by atoms with Crippen LogP contribution >= 0.6 is 27.5 Å². The monoisotopic (exact) mass is 423 g/mol. The Labute approximate surface area is 160 Å². The molecule has 132 valence electrons. The molecule has 0 saturated carbocycles. The summed E-state index contributed by atoms with van der Waals surface area (Å²) >= 11 is 9.58. The van der Waals surface area contributed by atoms with E-state index in [9.17, 15) is 4.79 Å². The number of carbonyl (C=O) groups is 1. The van der Waals surface area contributed by atoms with Crippen molar-refractivity contribution < 1.29 is 9.53 Å². The average molecular weight is 425 g/mol. The van der Waals surface area contributed by atoms with Gasteiger partial charge in [0.1, 0.15) is 5.75 Å². The van der Waals surface area contributed by atoms with Crippen LogP contribution in [-0.4, -0.2) is 18.3 Å². The van der Waals surface area contributed by atoms with Gasteiger partial charge in [0.15, 0.2) is 0 Å². The molecule has 0 spiro atoms. The second-order valence-electron chi connectivity index (χ2n) is 5.64. The van der Waals surface area contributed by atoms with Crippen molar-refractivity contribution >= 4 is 45.5 Å². The first-order valence-corrected chi connectivity index (χ1v) is 8.84. The molecule has 0 saturated heterocycles. The number of hydrogen-bond donors (Lipinski definition) is 2. The molecule has 0 aliphatic heterocycles. The van der Waals surface area contributed by atoms with Gasteiger partial charge in [-0.25, -0.2) is 10.2 Å². The van der Waals surface area contributed by atoms with Crippen molar-refractivity contribution in [3.8, 4) is 5.75 Å². The van der Waals surface area contributed by atoms with Crippen LogP contribution in [0, 0.1) is 6.92 Å². The molecule has 0 aliphatic carbocycles. The molecule has 0 bridgehead atoms. The lowest BCUT2D eigenvalue weighted by Gasteiger charge is -2.11. The van der Waals surface area contributed by atoms with E-state index in [1.807, 2.05) is 39.0 Å². The molecule has 5 nitrogen and oxygen atoms in total. The van der Waals surface area contributed by atoms with Gasteiger partial charge < -0.3 is 10.1 Å². The van der Waals surface area contributed by atoms with E-state index in [0.717, 1.165) is 15.6 Å². The minimum absolute atomic E-state index is 0.0460. The zero-order valence-corrected chi connectivity index (χ0v) is 16.5. The lowest BCUT2D eigenvalue weighted by molar-refractivity contribution is 0.242. The number of hydrazone groups is 1. The summed E-state index contributed by atoms with van der Waals surface area (Å²) in [5, 5.41) is 7.11. The predicted molar refractivity (Wildman–Crippen MR) is 106 cm³/mol. The van der Waals surface area contributed by atoms with E-state index in [1.165, 1.54) is 6.21 Å². The summed E-state index contributed by atoms with van der Waals surface area (Å²) in [7, 11) is 0. The Bertz CT molecular complexity index is 794. The van der Waals surface area contributed by atoms with Gasteiger partial charge in [0.25, 0.3) is 0 Å². The number of aryl methyl sites for hydroxylation is 1. The summed E-state index contributed by atoms with van der Waals surface area (Å²) in [5.41, 5.74) is 4.88. The van der Waals surface area contributed by atoms with Crippen LogP contribution in [0.2, 0.25) is 5.02 Å². The smallest absolute Gasteiger partial charge is 0.339 e. The Morgan fingerprint density at radius 2 is 2.04 bits per heavy atom. The van der Waals surface area contributed by atoms with Gasteiger partial charge in [-0.15, -0.1) is 0 Å². The van der Waals surface area contributed by atoms with Crippen molar-refractivity contribution in [1.29, 1.82) is 0 Å². The van der Waals surface area contributed by atoms with Gasteiger partial charge in [0, 0.05) is 10.2 Å². The zero-order chi connectivity index (χ0) is 18.4. The topological polar surface area (TPSA) is 62.7 Å². The molecule has 0 heterocycles. The molecular formula is C18H19BrClN3O2. The first kappa shape index (κ1) is 19.3. The third kappa shape index (κ3) is 6.07. The van der Waals surface area contributed by atoms with Crippen LogP contribution in [-0.2, 0) is 0 Å². The molecule has 0 radical (unpaired) electrons. The summed E-state index contributed by atoms with van der Waals surface area (Å²) < 4.78 is 6.55. The number of benzene rings is 2. The highest BCUT2D eigenvalue weighted by molar-refractivity contribution is 9.10. The maximum Gasteiger partial charge on any atom is 0.339 e. The van der Waals surface area contributed by atoms with Crippen molar-refractivity contribution in [3.05, 3.63) is 57.0 Å². The van der Waals surface area contributed by atoms with Gasteiger partial charge in [-0.1, -0.05) is 27.5 Å². The van der Waals surface area contributed by atoms with Crippen molar-refractivity contribution in [2.24, 2.45) is 5.10 Å². The highest BCUT2D eigenvalue weighted by Crippen LogP contribution is 2.25. The molecule has 0 aromatic heterocycles. The Balaban J connectivity index is 1.92. The molecule has 2 N–H and O–H groups in total. The quantitative estimate of drug-likeness (QED) is 0.502. The molecule has 2 aromatic carbocycles. The highest BCUT2D eigenvalue weighted by Gasteiger charge is 2.05. The molecule has 25 heavy (non-hydrogen) atoms. The van der Waals surface area contributed by atoms with E-state index in [2.05, 4.69) is 31.8 Å². The van der Waals surface area contributed by atoms with Gasteiger partial charge in [-0.3, -0.25) is 0 Å². The van der Waals surface area contributed by atoms with E-state index < -0.39 is 6.03 Å². The van der Waals surface area contributed by atoms with Crippen LogP contribution in [0.4, 0.5) is 10.5 Å². The average Bonchev–Trinajstić information content (AvgIpc) is 2.53. The molecule has 2 rings (SSSR count). The third-order valence-electron chi connectivity index (χ3n) is 3.11. The molecule has 2 amide bonds. The second kappa shape index (κ2) is 8.87. The minimum Gasteiger partial charge on any atom is -0.489 e. The number of halogens is 2. The Morgan fingerprint density at radius 1 is 1.28 bits per heavy atom. The number of nitrogens with one attached hydrogen (secondary N) is 2. The highest BCUT2D eigenvalue weighted by atomic mass is 79.9. The maximum absolute atomic E-state index is 11.8. The molecule has 0 atom stereocenters. The van der Waals surface area contributed by atoms with Gasteiger partial charge >= 0.3 is 6.03 Å². The summed E-state index contributed by atoms with van der Waals surface area (Å²) in [5.74, 6) is 0.616. The molecule has 0 unspecified atom stereocenters. The fourth-order valence-corrected chi connectivity index (χ4v) is 2.47. The van der Waals surface area contributed by atoms with E-state index >= 15 is 0 Å². The largest absolute Gasteiger partial charge is 0.489 e. The van der Waals surface area contributed by atoms with Crippen LogP contribution in [0.5, 0.6) is 5.75 Å². The zero-order valence-electron chi connectivity index (χ0n) is 14.1.